The zero-order valence-corrected chi connectivity index (χ0v) is 15.3. The van der Waals surface area contributed by atoms with Crippen LogP contribution in [-0.4, -0.2) is 31.2 Å². The molecule has 0 saturated carbocycles. The van der Waals surface area contributed by atoms with E-state index in [2.05, 4.69) is 15.6 Å². The van der Waals surface area contributed by atoms with Crippen LogP contribution in [0, 0.1) is 0 Å². The number of carbonyl (C=O) groups excluding carboxylic acids is 1. The van der Waals surface area contributed by atoms with Gasteiger partial charge in [-0.05, 0) is 42.5 Å². The highest BCUT2D eigenvalue weighted by Gasteiger charge is 2.12. The van der Waals surface area contributed by atoms with Crippen LogP contribution < -0.4 is 24.8 Å². The van der Waals surface area contributed by atoms with Crippen LogP contribution in [0.15, 0.2) is 60.9 Å². The summed E-state index contributed by atoms with van der Waals surface area (Å²) >= 11 is 0. The van der Waals surface area contributed by atoms with Crippen LogP contribution in [0.3, 0.4) is 0 Å². The van der Waals surface area contributed by atoms with Crippen molar-refractivity contribution >= 4 is 23.0 Å². The highest BCUT2D eigenvalue weighted by atomic mass is 16.6. The van der Waals surface area contributed by atoms with Crippen molar-refractivity contribution in [1.29, 1.82) is 0 Å². The molecule has 28 heavy (non-hydrogen) atoms. The molecule has 4 rings (SSSR count). The fraction of sp³-hybridized carbons (Fsp3) is 0.143. The number of nitrogens with zero attached hydrogens (tertiary/aromatic N) is 1. The third kappa shape index (κ3) is 3.98. The van der Waals surface area contributed by atoms with E-state index in [0.717, 1.165) is 17.2 Å². The highest BCUT2D eigenvalue weighted by molar-refractivity contribution is 6.04. The molecule has 0 atom stereocenters. The number of benzene rings is 2. The van der Waals surface area contributed by atoms with Crippen LogP contribution in [0.5, 0.6) is 17.2 Å². The average molecular weight is 377 g/mol. The molecule has 1 aliphatic rings. The highest BCUT2D eigenvalue weighted by Crippen LogP contribution is 2.33. The fourth-order valence-corrected chi connectivity index (χ4v) is 2.80. The van der Waals surface area contributed by atoms with Crippen molar-refractivity contribution in [2.75, 3.05) is 31.0 Å². The lowest BCUT2D eigenvalue weighted by Crippen LogP contribution is -2.15. The molecule has 7 nitrogen and oxygen atoms in total. The minimum absolute atomic E-state index is 0.247. The molecule has 0 fully saturated rings. The first-order valence-electron chi connectivity index (χ1n) is 8.78. The lowest BCUT2D eigenvalue weighted by Gasteiger charge is -2.19. The van der Waals surface area contributed by atoms with Crippen LogP contribution in [0.25, 0.3) is 0 Å². The zero-order valence-electron chi connectivity index (χ0n) is 15.3. The first-order chi connectivity index (χ1) is 13.7. The van der Waals surface area contributed by atoms with Crippen LogP contribution >= 0.6 is 0 Å². The van der Waals surface area contributed by atoms with Crippen molar-refractivity contribution in [2.45, 2.75) is 0 Å². The van der Waals surface area contributed by atoms with Crippen LogP contribution in [0.4, 0.5) is 17.1 Å². The van der Waals surface area contributed by atoms with Gasteiger partial charge in [-0.15, -0.1) is 0 Å². The first kappa shape index (κ1) is 17.7. The number of hydrogen-bond donors (Lipinski definition) is 2. The lowest BCUT2D eigenvalue weighted by molar-refractivity contribution is 0.102. The minimum Gasteiger partial charge on any atom is -0.497 e. The van der Waals surface area contributed by atoms with E-state index >= 15 is 0 Å². The van der Waals surface area contributed by atoms with E-state index in [4.69, 9.17) is 14.2 Å². The smallest absolute Gasteiger partial charge is 0.257 e. The molecule has 7 heteroatoms. The Kier molecular flexibility index (Phi) is 4.97. The van der Waals surface area contributed by atoms with Crippen molar-refractivity contribution < 1.29 is 19.0 Å². The zero-order chi connectivity index (χ0) is 19.3. The largest absolute Gasteiger partial charge is 0.497 e. The molecule has 142 valence electrons. The second-order valence-corrected chi connectivity index (χ2v) is 6.13. The maximum atomic E-state index is 12.5. The number of fused-ring (bicyclic) bond motifs is 1. The Hall–Kier alpha value is -3.74. The summed E-state index contributed by atoms with van der Waals surface area (Å²) < 4.78 is 16.2. The van der Waals surface area contributed by atoms with Gasteiger partial charge in [-0.1, -0.05) is 0 Å². The maximum Gasteiger partial charge on any atom is 0.257 e. The Morgan fingerprint density at radius 2 is 1.68 bits per heavy atom. The van der Waals surface area contributed by atoms with Gasteiger partial charge in [0.1, 0.15) is 19.0 Å². The number of hydrogen-bond acceptors (Lipinski definition) is 6. The normalized spacial score (nSPS) is 12.2. The summed E-state index contributed by atoms with van der Waals surface area (Å²) in [6.45, 7) is 1.08. The minimum atomic E-state index is -0.247. The summed E-state index contributed by atoms with van der Waals surface area (Å²) in [6, 6.07) is 14.5. The number of amides is 1. The Morgan fingerprint density at radius 3 is 2.46 bits per heavy atom. The van der Waals surface area contributed by atoms with Gasteiger partial charge in [-0.25, -0.2) is 0 Å². The molecule has 0 radical (unpaired) electrons. The summed E-state index contributed by atoms with van der Waals surface area (Å²) in [5.41, 5.74) is 2.63. The Balaban J connectivity index is 1.47. The molecule has 0 aliphatic carbocycles. The molecule has 0 unspecified atom stereocenters. The van der Waals surface area contributed by atoms with Gasteiger partial charge in [0.15, 0.2) is 11.5 Å². The number of anilines is 3. The number of aromatic nitrogens is 1. The number of rotatable bonds is 5. The Bertz CT molecular complexity index is 989. The van der Waals surface area contributed by atoms with E-state index < -0.39 is 0 Å². The summed E-state index contributed by atoms with van der Waals surface area (Å²) in [5.74, 6) is 1.90. The Morgan fingerprint density at radius 1 is 0.929 bits per heavy atom. The van der Waals surface area contributed by atoms with E-state index in [0.29, 0.717) is 35.9 Å². The lowest BCUT2D eigenvalue weighted by atomic mass is 10.2. The second-order valence-electron chi connectivity index (χ2n) is 6.13. The van der Waals surface area contributed by atoms with Gasteiger partial charge >= 0.3 is 0 Å². The van der Waals surface area contributed by atoms with Crippen molar-refractivity contribution in [3.8, 4) is 17.2 Å². The third-order valence-electron chi connectivity index (χ3n) is 4.18. The van der Waals surface area contributed by atoms with Crippen molar-refractivity contribution in [3.63, 3.8) is 0 Å². The van der Waals surface area contributed by atoms with Gasteiger partial charge in [-0.3, -0.25) is 9.78 Å². The number of pyridine rings is 1. The maximum absolute atomic E-state index is 12.5. The predicted octanol–water partition coefficient (Wildman–Crippen LogP) is 3.86. The quantitative estimate of drug-likeness (QED) is 0.703. The molecule has 3 aromatic rings. The van der Waals surface area contributed by atoms with E-state index in [1.165, 1.54) is 6.20 Å². The number of nitrogens with one attached hydrogen (secondary N) is 2. The van der Waals surface area contributed by atoms with Gasteiger partial charge in [0, 0.05) is 23.6 Å². The van der Waals surface area contributed by atoms with Crippen LogP contribution in [0.2, 0.25) is 0 Å². The van der Waals surface area contributed by atoms with Gasteiger partial charge < -0.3 is 24.8 Å². The molecular weight excluding hydrogens is 358 g/mol. The van der Waals surface area contributed by atoms with Gasteiger partial charge in [0.2, 0.25) is 0 Å². The van der Waals surface area contributed by atoms with Gasteiger partial charge in [-0.2, -0.15) is 0 Å². The molecule has 2 aromatic carbocycles. The second kappa shape index (κ2) is 7.87. The van der Waals surface area contributed by atoms with E-state index in [9.17, 15) is 4.79 Å². The monoisotopic (exact) mass is 377 g/mol. The number of ether oxygens (including phenoxy) is 3. The Labute approximate surface area is 162 Å². The fourth-order valence-electron chi connectivity index (χ4n) is 2.80. The average Bonchev–Trinajstić information content (AvgIpc) is 2.74. The first-order valence-corrected chi connectivity index (χ1v) is 8.78. The molecule has 0 bridgehead atoms. The molecule has 1 amide bonds. The van der Waals surface area contributed by atoms with Crippen LogP contribution in [-0.2, 0) is 0 Å². The van der Waals surface area contributed by atoms with E-state index in [1.54, 1.807) is 43.6 Å². The molecule has 0 spiro atoms. The van der Waals surface area contributed by atoms with E-state index in [-0.39, 0.29) is 5.91 Å². The van der Waals surface area contributed by atoms with Crippen molar-refractivity contribution in [1.82, 2.24) is 4.98 Å². The van der Waals surface area contributed by atoms with Crippen molar-refractivity contribution in [3.05, 3.63) is 66.5 Å². The SMILES string of the molecule is COc1ccc(NC(=O)c2cncc(Nc3ccc4c(c3)OCCO4)c2)cc1. The molecule has 2 N–H and O–H groups in total. The number of methoxy groups -OCH3 is 1. The topological polar surface area (TPSA) is 81.7 Å². The molecule has 1 aromatic heterocycles. The molecule has 2 heterocycles. The summed E-state index contributed by atoms with van der Waals surface area (Å²) in [7, 11) is 1.60. The molecule has 1 aliphatic heterocycles. The molecular formula is C21H19N3O4. The van der Waals surface area contributed by atoms with E-state index in [1.807, 2.05) is 18.2 Å². The van der Waals surface area contributed by atoms with Crippen molar-refractivity contribution in [2.24, 2.45) is 0 Å². The van der Waals surface area contributed by atoms with Gasteiger partial charge in [0.25, 0.3) is 5.91 Å². The summed E-state index contributed by atoms with van der Waals surface area (Å²) in [6.07, 6.45) is 3.18. The summed E-state index contributed by atoms with van der Waals surface area (Å²) in [5, 5.41) is 6.08. The number of carbonyl (C=O) groups is 1. The molecule has 0 saturated heterocycles. The standard InChI is InChI=1S/C21H19N3O4/c1-26-18-5-2-15(3-6-18)24-21(25)14-10-17(13-22-12-14)23-16-4-7-19-20(11-16)28-9-8-27-19/h2-7,10-13,23H,8-9H2,1H3,(H,24,25). The third-order valence-corrected chi connectivity index (χ3v) is 4.18. The summed E-state index contributed by atoms with van der Waals surface area (Å²) in [4.78, 5) is 16.7. The predicted molar refractivity (Wildman–Crippen MR) is 106 cm³/mol. The van der Waals surface area contributed by atoms with Gasteiger partial charge in [0.05, 0.1) is 24.6 Å². The van der Waals surface area contributed by atoms with Crippen LogP contribution in [0.1, 0.15) is 10.4 Å².